The maximum absolute atomic E-state index is 12.1. The Kier molecular flexibility index (Phi) is 16.5. The first kappa shape index (κ1) is 27.9. The van der Waals surface area contributed by atoms with Gasteiger partial charge in [-0.3, -0.25) is 4.79 Å². The van der Waals surface area contributed by atoms with Crippen LogP contribution in [0, 0.1) is 0 Å². The van der Waals surface area contributed by atoms with Gasteiger partial charge in [-0.15, -0.1) is 0 Å². The third kappa shape index (κ3) is 16.2. The van der Waals surface area contributed by atoms with E-state index in [1.54, 1.807) is 0 Å². The number of hydrogen-bond acceptors (Lipinski definition) is 2. The number of carbonyl (C=O) groups excluding carboxylic acids is 1. The van der Waals surface area contributed by atoms with Gasteiger partial charge in [0.05, 0.1) is 0 Å². The lowest BCUT2D eigenvalue weighted by molar-refractivity contribution is -0.141. The van der Waals surface area contributed by atoms with Crippen molar-refractivity contribution in [3.05, 3.63) is 96.7 Å². The first-order valence-corrected chi connectivity index (χ1v) is 11.9. The molecule has 1 atom stereocenters. The second-order valence-corrected chi connectivity index (χ2v) is 7.75. The number of aliphatic carboxylic acids is 1. The highest BCUT2D eigenvalue weighted by molar-refractivity contribution is 5.83. The van der Waals surface area contributed by atoms with E-state index in [4.69, 9.17) is 0 Å². The first-order chi connectivity index (χ1) is 16.1. The molecule has 0 saturated heterocycles. The van der Waals surface area contributed by atoms with Crippen LogP contribution < -0.4 is 5.32 Å². The van der Waals surface area contributed by atoms with Crippen LogP contribution in [-0.2, 0) is 16.0 Å². The summed E-state index contributed by atoms with van der Waals surface area (Å²) in [5.41, 5.74) is 0.893. The zero-order valence-electron chi connectivity index (χ0n) is 19.9. The highest BCUT2D eigenvalue weighted by Crippen LogP contribution is 2.05. The van der Waals surface area contributed by atoms with E-state index in [2.05, 4.69) is 73.0 Å². The number of carboxylic acids is 1. The summed E-state index contributed by atoms with van der Waals surface area (Å²) in [4.78, 5) is 23.5. The van der Waals surface area contributed by atoms with Crippen molar-refractivity contribution in [1.29, 1.82) is 0 Å². The summed E-state index contributed by atoms with van der Waals surface area (Å²) < 4.78 is 0. The predicted molar refractivity (Wildman–Crippen MR) is 138 cm³/mol. The van der Waals surface area contributed by atoms with Gasteiger partial charge in [-0.1, -0.05) is 98.0 Å². The fourth-order valence-electron chi connectivity index (χ4n) is 3.07. The van der Waals surface area contributed by atoms with Gasteiger partial charge in [0.1, 0.15) is 6.04 Å². The molecule has 1 aromatic rings. The van der Waals surface area contributed by atoms with Crippen molar-refractivity contribution in [3.8, 4) is 0 Å². The zero-order chi connectivity index (χ0) is 24.0. The number of carbonyl (C=O) groups is 2. The lowest BCUT2D eigenvalue weighted by atomic mass is 10.1. The molecule has 0 fully saturated rings. The standard InChI is InChI=1S/C29H39NO3/c1-2-3-4-5-6-7-8-9-10-11-12-13-14-15-16-17-21-24-28(31)30-27(29(32)33)25-26-22-19-18-20-23-26/h3-4,6-7,9-10,12-13,15-16,18-20,22-23,27H,2,5,8,11,14,17,21,24-25H2,1H3,(H,30,31)(H,32,33)/b4-3+,7-6+,10-9+,13-12+,16-15+. The molecule has 0 aliphatic carbocycles. The molecule has 4 nitrogen and oxygen atoms in total. The van der Waals surface area contributed by atoms with Crippen LogP contribution in [0.1, 0.15) is 63.9 Å². The summed E-state index contributed by atoms with van der Waals surface area (Å²) in [6.45, 7) is 2.14. The first-order valence-electron chi connectivity index (χ1n) is 11.9. The van der Waals surface area contributed by atoms with Crippen molar-refractivity contribution in [2.75, 3.05) is 0 Å². The summed E-state index contributed by atoms with van der Waals surface area (Å²) in [6.07, 6.45) is 28.6. The van der Waals surface area contributed by atoms with Crippen LogP contribution in [0.25, 0.3) is 0 Å². The highest BCUT2D eigenvalue weighted by atomic mass is 16.4. The molecule has 178 valence electrons. The molecule has 1 aromatic carbocycles. The monoisotopic (exact) mass is 449 g/mol. The van der Waals surface area contributed by atoms with E-state index in [9.17, 15) is 14.7 Å². The molecule has 1 rings (SSSR count). The summed E-state index contributed by atoms with van der Waals surface area (Å²) in [5, 5.41) is 12.0. The number of allylic oxidation sites excluding steroid dienone is 10. The predicted octanol–water partition coefficient (Wildman–Crippen LogP) is 6.72. The van der Waals surface area contributed by atoms with E-state index < -0.39 is 12.0 Å². The second-order valence-electron chi connectivity index (χ2n) is 7.75. The quantitative estimate of drug-likeness (QED) is 0.205. The number of hydrogen-bond donors (Lipinski definition) is 2. The normalized spacial score (nSPS) is 13.1. The van der Waals surface area contributed by atoms with Gasteiger partial charge in [-0.05, 0) is 50.5 Å². The molecule has 0 aliphatic rings. The molecule has 4 heteroatoms. The van der Waals surface area contributed by atoms with E-state index in [-0.39, 0.29) is 12.3 Å². The van der Waals surface area contributed by atoms with E-state index >= 15 is 0 Å². The average molecular weight is 450 g/mol. The largest absolute Gasteiger partial charge is 0.480 e. The van der Waals surface area contributed by atoms with Crippen LogP contribution in [0.15, 0.2) is 91.1 Å². The fourth-order valence-corrected chi connectivity index (χ4v) is 3.07. The smallest absolute Gasteiger partial charge is 0.326 e. The number of rotatable bonds is 17. The lowest BCUT2D eigenvalue weighted by Gasteiger charge is -2.14. The minimum atomic E-state index is -1.01. The minimum Gasteiger partial charge on any atom is -0.480 e. The third-order valence-electron chi connectivity index (χ3n) is 4.85. The fraction of sp³-hybridized carbons (Fsp3) is 0.379. The topological polar surface area (TPSA) is 66.4 Å². The molecule has 1 amide bonds. The molecule has 2 N–H and O–H groups in total. The molecule has 0 heterocycles. The Labute approximate surface area is 199 Å². The third-order valence-corrected chi connectivity index (χ3v) is 4.85. The Balaban J connectivity index is 2.11. The maximum Gasteiger partial charge on any atom is 0.326 e. The van der Waals surface area contributed by atoms with Crippen LogP contribution in [0.3, 0.4) is 0 Å². The second kappa shape index (κ2) is 19.5. The van der Waals surface area contributed by atoms with Crippen LogP contribution >= 0.6 is 0 Å². The van der Waals surface area contributed by atoms with Gasteiger partial charge < -0.3 is 10.4 Å². The van der Waals surface area contributed by atoms with Crippen molar-refractivity contribution in [2.24, 2.45) is 0 Å². The minimum absolute atomic E-state index is 0.217. The van der Waals surface area contributed by atoms with E-state index in [1.807, 2.05) is 30.3 Å². The van der Waals surface area contributed by atoms with Crippen LogP contribution in [0.2, 0.25) is 0 Å². The van der Waals surface area contributed by atoms with Crippen molar-refractivity contribution < 1.29 is 14.7 Å². The summed E-state index contributed by atoms with van der Waals surface area (Å²) in [6, 6.07) is 8.44. The van der Waals surface area contributed by atoms with Gasteiger partial charge >= 0.3 is 5.97 Å². The highest BCUT2D eigenvalue weighted by Gasteiger charge is 2.19. The van der Waals surface area contributed by atoms with Gasteiger partial charge in [0.15, 0.2) is 0 Å². The number of amides is 1. The SMILES string of the molecule is CC/C=C/C/C=C/C/C=C/C/C=C/C/C=C/CCCC(=O)NC(Cc1ccccc1)C(=O)O. The Morgan fingerprint density at radius 3 is 1.85 bits per heavy atom. The number of nitrogens with one attached hydrogen (secondary N) is 1. The van der Waals surface area contributed by atoms with E-state index in [1.165, 1.54) is 0 Å². The maximum atomic E-state index is 12.1. The number of carboxylic acid groups (broad SMARTS) is 1. The van der Waals surface area contributed by atoms with Crippen molar-refractivity contribution in [1.82, 2.24) is 5.32 Å². The van der Waals surface area contributed by atoms with E-state index in [0.29, 0.717) is 12.8 Å². The van der Waals surface area contributed by atoms with Crippen LogP contribution in [0.4, 0.5) is 0 Å². The Morgan fingerprint density at radius 2 is 1.33 bits per heavy atom. The number of unbranched alkanes of at least 4 members (excludes halogenated alkanes) is 1. The molecule has 0 bridgehead atoms. The van der Waals surface area contributed by atoms with Crippen LogP contribution in [0.5, 0.6) is 0 Å². The van der Waals surface area contributed by atoms with Crippen LogP contribution in [-0.4, -0.2) is 23.0 Å². The van der Waals surface area contributed by atoms with Crippen molar-refractivity contribution >= 4 is 11.9 Å². The lowest BCUT2D eigenvalue weighted by Crippen LogP contribution is -2.42. The molecular weight excluding hydrogens is 410 g/mol. The van der Waals surface area contributed by atoms with Gasteiger partial charge in [0.2, 0.25) is 5.91 Å². The Morgan fingerprint density at radius 1 is 0.818 bits per heavy atom. The summed E-state index contributed by atoms with van der Waals surface area (Å²) in [5.74, 6) is -1.23. The number of benzene rings is 1. The molecule has 0 radical (unpaired) electrons. The molecular formula is C29H39NO3. The average Bonchev–Trinajstić information content (AvgIpc) is 2.81. The van der Waals surface area contributed by atoms with Crippen molar-refractivity contribution in [3.63, 3.8) is 0 Å². The zero-order valence-corrected chi connectivity index (χ0v) is 19.9. The summed E-state index contributed by atoms with van der Waals surface area (Å²) >= 11 is 0. The van der Waals surface area contributed by atoms with Gasteiger partial charge in [0, 0.05) is 12.8 Å². The van der Waals surface area contributed by atoms with Gasteiger partial charge in [-0.2, -0.15) is 0 Å². The molecule has 0 spiro atoms. The molecule has 33 heavy (non-hydrogen) atoms. The molecule has 1 unspecified atom stereocenters. The Bertz CT molecular complexity index is 803. The Hall–Kier alpha value is -3.14. The van der Waals surface area contributed by atoms with Gasteiger partial charge in [-0.25, -0.2) is 4.79 Å². The summed E-state index contributed by atoms with van der Waals surface area (Å²) in [7, 11) is 0. The molecule has 0 aliphatic heterocycles. The molecule has 0 saturated carbocycles. The van der Waals surface area contributed by atoms with Crippen molar-refractivity contribution in [2.45, 2.75) is 70.8 Å². The van der Waals surface area contributed by atoms with E-state index in [0.717, 1.165) is 44.1 Å². The molecule has 0 aromatic heterocycles. The van der Waals surface area contributed by atoms with Gasteiger partial charge in [0.25, 0.3) is 0 Å².